The van der Waals surface area contributed by atoms with Gasteiger partial charge in [0.1, 0.15) is 0 Å². The van der Waals surface area contributed by atoms with Crippen LogP contribution in [0.5, 0.6) is 0 Å². The van der Waals surface area contributed by atoms with Crippen molar-refractivity contribution in [1.29, 1.82) is 0 Å². The minimum absolute atomic E-state index is 0.333. The van der Waals surface area contributed by atoms with Crippen molar-refractivity contribution in [3.8, 4) is 0 Å². The van der Waals surface area contributed by atoms with E-state index in [4.69, 9.17) is 0 Å². The first-order chi connectivity index (χ1) is 9.29. The highest BCUT2D eigenvalue weighted by molar-refractivity contribution is 5.82. The lowest BCUT2D eigenvalue weighted by molar-refractivity contribution is -0.132. The van der Waals surface area contributed by atoms with Crippen LogP contribution >= 0.6 is 0 Å². The van der Waals surface area contributed by atoms with Crippen LogP contribution in [0.25, 0.3) is 5.57 Å². The molecule has 19 heavy (non-hydrogen) atoms. The third-order valence-corrected chi connectivity index (χ3v) is 4.02. The topological polar surface area (TPSA) is 33.2 Å². The molecule has 1 saturated carbocycles. The van der Waals surface area contributed by atoms with Crippen molar-refractivity contribution in [3.05, 3.63) is 35.7 Å². The van der Waals surface area contributed by atoms with E-state index in [2.05, 4.69) is 24.1 Å². The Bertz CT molecular complexity index is 517. The first-order valence-electron chi connectivity index (χ1n) is 7.21. The Kier molecular flexibility index (Phi) is 3.36. The van der Waals surface area contributed by atoms with E-state index in [9.17, 15) is 4.79 Å². The molecule has 0 aromatic carbocycles. The van der Waals surface area contributed by atoms with Crippen LogP contribution in [-0.4, -0.2) is 28.9 Å². The largest absolute Gasteiger partial charge is 0.338 e. The van der Waals surface area contributed by atoms with Crippen LogP contribution in [0.3, 0.4) is 0 Å². The average molecular weight is 256 g/mol. The van der Waals surface area contributed by atoms with Crippen molar-refractivity contribution in [2.24, 2.45) is 5.92 Å². The van der Waals surface area contributed by atoms with E-state index in [0.29, 0.717) is 11.8 Å². The van der Waals surface area contributed by atoms with Gasteiger partial charge in [-0.05, 0) is 42.9 Å². The van der Waals surface area contributed by atoms with Gasteiger partial charge in [-0.2, -0.15) is 0 Å². The fourth-order valence-electron chi connectivity index (χ4n) is 2.71. The Labute approximate surface area is 114 Å². The molecule has 1 aliphatic heterocycles. The van der Waals surface area contributed by atoms with Crippen LogP contribution in [0.2, 0.25) is 0 Å². The normalized spacial score (nSPS) is 19.2. The summed E-state index contributed by atoms with van der Waals surface area (Å²) in [6.07, 6.45) is 8.16. The Morgan fingerprint density at radius 1 is 1.47 bits per heavy atom. The van der Waals surface area contributed by atoms with Crippen LogP contribution in [0.1, 0.15) is 37.4 Å². The number of carbonyl (C=O) groups is 1. The molecule has 1 fully saturated rings. The SMILES string of the molecule is CCc1ncccc1C1=CCN(C(=O)C2CC2)CC1. The lowest BCUT2D eigenvalue weighted by atomic mass is 9.97. The van der Waals surface area contributed by atoms with E-state index in [1.54, 1.807) is 0 Å². The fraction of sp³-hybridized carbons (Fsp3) is 0.500. The maximum Gasteiger partial charge on any atom is 0.225 e. The van der Waals surface area contributed by atoms with E-state index in [1.165, 1.54) is 11.1 Å². The van der Waals surface area contributed by atoms with Gasteiger partial charge in [-0.3, -0.25) is 9.78 Å². The lowest BCUT2D eigenvalue weighted by Crippen LogP contribution is -2.35. The second kappa shape index (κ2) is 5.16. The Morgan fingerprint density at radius 3 is 2.95 bits per heavy atom. The molecule has 1 aliphatic carbocycles. The molecule has 2 heterocycles. The highest BCUT2D eigenvalue weighted by Crippen LogP contribution is 2.33. The first-order valence-corrected chi connectivity index (χ1v) is 7.21. The van der Waals surface area contributed by atoms with Gasteiger partial charge in [-0.15, -0.1) is 0 Å². The molecule has 0 N–H and O–H groups in total. The molecule has 1 amide bonds. The number of hydrogen-bond donors (Lipinski definition) is 0. The molecule has 0 spiro atoms. The molecule has 3 rings (SSSR count). The zero-order chi connectivity index (χ0) is 13.2. The number of hydrogen-bond acceptors (Lipinski definition) is 2. The number of aryl methyl sites for hydroxylation is 1. The zero-order valence-corrected chi connectivity index (χ0v) is 11.4. The first kappa shape index (κ1) is 12.4. The molecular weight excluding hydrogens is 236 g/mol. The summed E-state index contributed by atoms with van der Waals surface area (Å²) in [5.41, 5.74) is 3.78. The molecular formula is C16H20N2O. The molecule has 0 radical (unpaired) electrons. The van der Waals surface area contributed by atoms with Gasteiger partial charge >= 0.3 is 0 Å². The molecule has 2 aliphatic rings. The Balaban J connectivity index is 1.75. The summed E-state index contributed by atoms with van der Waals surface area (Å²) < 4.78 is 0. The highest BCUT2D eigenvalue weighted by Gasteiger charge is 2.33. The van der Waals surface area contributed by atoms with Crippen LogP contribution in [0, 0.1) is 5.92 Å². The second-order valence-electron chi connectivity index (χ2n) is 5.39. The summed E-state index contributed by atoms with van der Waals surface area (Å²) >= 11 is 0. The molecule has 1 aromatic rings. The van der Waals surface area contributed by atoms with Crippen molar-refractivity contribution in [2.75, 3.05) is 13.1 Å². The quantitative estimate of drug-likeness (QED) is 0.833. The fourth-order valence-corrected chi connectivity index (χ4v) is 2.71. The van der Waals surface area contributed by atoms with Gasteiger partial charge in [0, 0.05) is 30.9 Å². The van der Waals surface area contributed by atoms with E-state index in [-0.39, 0.29) is 0 Å². The number of aromatic nitrogens is 1. The molecule has 3 heteroatoms. The molecule has 0 atom stereocenters. The predicted molar refractivity (Wildman–Crippen MR) is 75.5 cm³/mol. The van der Waals surface area contributed by atoms with Crippen molar-refractivity contribution >= 4 is 11.5 Å². The predicted octanol–water partition coefficient (Wildman–Crippen LogP) is 2.67. The third-order valence-electron chi connectivity index (χ3n) is 4.02. The van der Waals surface area contributed by atoms with Gasteiger partial charge in [0.05, 0.1) is 0 Å². The number of pyridine rings is 1. The van der Waals surface area contributed by atoms with Gasteiger partial charge in [0.25, 0.3) is 0 Å². The number of rotatable bonds is 3. The van der Waals surface area contributed by atoms with Crippen molar-refractivity contribution in [2.45, 2.75) is 32.6 Å². The van der Waals surface area contributed by atoms with Gasteiger partial charge in [0.2, 0.25) is 5.91 Å². The van der Waals surface area contributed by atoms with Crippen molar-refractivity contribution < 1.29 is 4.79 Å². The maximum absolute atomic E-state index is 12.0. The minimum Gasteiger partial charge on any atom is -0.338 e. The van der Waals surface area contributed by atoms with E-state index < -0.39 is 0 Å². The molecule has 100 valence electrons. The van der Waals surface area contributed by atoms with E-state index in [1.807, 2.05) is 17.2 Å². The molecule has 1 aromatic heterocycles. The number of nitrogens with zero attached hydrogens (tertiary/aromatic N) is 2. The molecule has 0 saturated heterocycles. The third kappa shape index (κ3) is 2.55. The standard InChI is InChI=1S/C16H20N2O/c1-2-15-14(4-3-9-17-15)12-7-10-18(11-8-12)16(19)13-5-6-13/h3-4,7,9,13H,2,5-6,8,10-11H2,1H3. The molecule has 0 bridgehead atoms. The highest BCUT2D eigenvalue weighted by atomic mass is 16.2. The van der Waals surface area contributed by atoms with Crippen molar-refractivity contribution in [3.63, 3.8) is 0 Å². The van der Waals surface area contributed by atoms with Crippen LogP contribution < -0.4 is 0 Å². The smallest absolute Gasteiger partial charge is 0.225 e. The summed E-state index contributed by atoms with van der Waals surface area (Å²) in [6, 6.07) is 4.15. The van der Waals surface area contributed by atoms with Gasteiger partial charge in [-0.25, -0.2) is 0 Å². The number of carbonyl (C=O) groups excluding carboxylic acids is 1. The lowest BCUT2D eigenvalue weighted by Gasteiger charge is -2.27. The van der Waals surface area contributed by atoms with Crippen LogP contribution in [-0.2, 0) is 11.2 Å². The van der Waals surface area contributed by atoms with Gasteiger partial charge in [0.15, 0.2) is 0 Å². The average Bonchev–Trinajstić information content (AvgIpc) is 3.31. The molecule has 3 nitrogen and oxygen atoms in total. The number of amides is 1. The van der Waals surface area contributed by atoms with Crippen molar-refractivity contribution in [1.82, 2.24) is 9.88 Å². The summed E-state index contributed by atoms with van der Waals surface area (Å²) in [6.45, 7) is 3.76. The second-order valence-corrected chi connectivity index (χ2v) is 5.39. The van der Waals surface area contributed by atoms with Gasteiger partial charge in [-0.1, -0.05) is 19.1 Å². The monoisotopic (exact) mass is 256 g/mol. The summed E-state index contributed by atoms with van der Waals surface area (Å²) in [5, 5.41) is 0. The summed E-state index contributed by atoms with van der Waals surface area (Å²) in [5.74, 6) is 0.691. The zero-order valence-electron chi connectivity index (χ0n) is 11.4. The van der Waals surface area contributed by atoms with E-state index >= 15 is 0 Å². The summed E-state index contributed by atoms with van der Waals surface area (Å²) in [4.78, 5) is 18.5. The van der Waals surface area contributed by atoms with Crippen LogP contribution in [0.4, 0.5) is 0 Å². The summed E-state index contributed by atoms with van der Waals surface area (Å²) in [7, 11) is 0. The maximum atomic E-state index is 12.0. The van der Waals surface area contributed by atoms with Crippen LogP contribution in [0.15, 0.2) is 24.4 Å². The molecule has 0 unspecified atom stereocenters. The Morgan fingerprint density at radius 2 is 2.32 bits per heavy atom. The minimum atomic E-state index is 0.333. The Hall–Kier alpha value is -1.64. The van der Waals surface area contributed by atoms with Gasteiger partial charge < -0.3 is 4.90 Å². The van der Waals surface area contributed by atoms with E-state index in [0.717, 1.165) is 44.5 Å².